The molecular weight excluding hydrogens is 364 g/mol. The maximum absolute atomic E-state index is 11.9. The molecule has 4 nitrogen and oxygen atoms in total. The maximum Gasteiger partial charge on any atom is 0.410 e. The third-order valence-corrected chi connectivity index (χ3v) is 5.12. The lowest BCUT2D eigenvalue weighted by molar-refractivity contribution is 0.0144. The molecule has 2 heterocycles. The van der Waals surface area contributed by atoms with Crippen molar-refractivity contribution in [3.63, 3.8) is 0 Å². The van der Waals surface area contributed by atoms with E-state index < -0.39 is 5.60 Å². The van der Waals surface area contributed by atoms with E-state index in [0.717, 1.165) is 23.1 Å². The molecule has 1 saturated heterocycles. The van der Waals surface area contributed by atoms with Crippen molar-refractivity contribution in [3.05, 3.63) is 28.9 Å². The molecule has 0 unspecified atom stereocenters. The predicted octanol–water partition coefficient (Wildman–Crippen LogP) is 4.64. The lowest BCUT2D eigenvalue weighted by atomic mass is 10.2. The highest BCUT2D eigenvalue weighted by Crippen LogP contribution is 2.35. The molecule has 2 aromatic rings. The van der Waals surface area contributed by atoms with E-state index in [1.165, 1.54) is 10.3 Å². The van der Waals surface area contributed by atoms with Crippen LogP contribution in [0.1, 0.15) is 20.8 Å². The van der Waals surface area contributed by atoms with Crippen LogP contribution in [0.4, 0.5) is 4.79 Å². The standard InChI is InChI=1S/C16H19BrN2O2S/c1-16(2,3)21-15(20)19-8-11(9-19)22-14-7-18-13-6-10(17)4-5-12(13)14/h4-7,11,18H,8-9H2,1-3H3. The second-order valence-electron chi connectivity index (χ2n) is 6.47. The first-order valence-electron chi connectivity index (χ1n) is 7.23. The largest absolute Gasteiger partial charge is 0.444 e. The van der Waals surface area contributed by atoms with Crippen molar-refractivity contribution in [3.8, 4) is 0 Å². The van der Waals surface area contributed by atoms with Crippen LogP contribution in [0.3, 0.4) is 0 Å². The highest BCUT2D eigenvalue weighted by Gasteiger charge is 2.34. The molecule has 118 valence electrons. The van der Waals surface area contributed by atoms with E-state index >= 15 is 0 Å². The van der Waals surface area contributed by atoms with Gasteiger partial charge in [0.25, 0.3) is 0 Å². The maximum atomic E-state index is 11.9. The summed E-state index contributed by atoms with van der Waals surface area (Å²) in [6.07, 6.45) is 1.82. The molecule has 0 saturated carbocycles. The summed E-state index contributed by atoms with van der Waals surface area (Å²) in [5.74, 6) is 0. The number of nitrogens with zero attached hydrogens (tertiary/aromatic N) is 1. The van der Waals surface area contributed by atoms with Gasteiger partial charge in [0.15, 0.2) is 0 Å². The first-order chi connectivity index (χ1) is 10.3. The Hall–Kier alpha value is -1.14. The molecule has 22 heavy (non-hydrogen) atoms. The number of aromatic nitrogens is 1. The Labute approximate surface area is 142 Å². The average Bonchev–Trinajstić information content (AvgIpc) is 2.73. The van der Waals surface area contributed by atoms with Crippen molar-refractivity contribution in [1.82, 2.24) is 9.88 Å². The fraction of sp³-hybridized carbons (Fsp3) is 0.438. The molecule has 1 aliphatic rings. The van der Waals surface area contributed by atoms with Crippen molar-refractivity contribution >= 4 is 44.7 Å². The molecule has 1 N–H and O–H groups in total. The van der Waals surface area contributed by atoms with Crippen LogP contribution in [0.2, 0.25) is 0 Å². The van der Waals surface area contributed by atoms with Crippen molar-refractivity contribution in [2.75, 3.05) is 13.1 Å². The fourth-order valence-electron chi connectivity index (χ4n) is 2.34. The zero-order valence-electron chi connectivity index (χ0n) is 12.9. The van der Waals surface area contributed by atoms with E-state index in [2.05, 4.69) is 33.0 Å². The molecule has 0 aliphatic carbocycles. The van der Waals surface area contributed by atoms with Crippen molar-refractivity contribution < 1.29 is 9.53 Å². The van der Waals surface area contributed by atoms with Gasteiger partial charge in [-0.25, -0.2) is 4.79 Å². The summed E-state index contributed by atoms with van der Waals surface area (Å²) in [5.41, 5.74) is 0.694. The molecular formula is C16H19BrN2O2S. The monoisotopic (exact) mass is 382 g/mol. The number of halogens is 1. The highest BCUT2D eigenvalue weighted by molar-refractivity contribution is 9.10. The molecule has 1 fully saturated rings. The number of fused-ring (bicyclic) bond motifs is 1. The summed E-state index contributed by atoms with van der Waals surface area (Å²) >= 11 is 5.30. The predicted molar refractivity (Wildman–Crippen MR) is 93.5 cm³/mol. The van der Waals surface area contributed by atoms with Crippen LogP contribution in [-0.2, 0) is 4.74 Å². The molecule has 1 aromatic heterocycles. The van der Waals surface area contributed by atoms with E-state index in [1.54, 1.807) is 4.90 Å². The lowest BCUT2D eigenvalue weighted by Crippen LogP contribution is -2.53. The smallest absolute Gasteiger partial charge is 0.410 e. The molecule has 0 spiro atoms. The quantitative estimate of drug-likeness (QED) is 0.822. The number of carbonyl (C=O) groups excluding carboxylic acids is 1. The van der Waals surface area contributed by atoms with Gasteiger partial charge >= 0.3 is 6.09 Å². The van der Waals surface area contributed by atoms with Gasteiger partial charge in [0.05, 0.1) is 0 Å². The first-order valence-corrected chi connectivity index (χ1v) is 8.90. The number of H-pyrrole nitrogens is 1. The summed E-state index contributed by atoms with van der Waals surface area (Å²) in [4.78, 5) is 18.2. The van der Waals surface area contributed by atoms with Gasteiger partial charge in [-0.3, -0.25) is 0 Å². The van der Waals surface area contributed by atoms with E-state index in [1.807, 2.05) is 44.8 Å². The summed E-state index contributed by atoms with van der Waals surface area (Å²) in [6, 6.07) is 6.24. The van der Waals surface area contributed by atoms with Gasteiger partial charge in [-0.05, 0) is 32.9 Å². The number of nitrogens with one attached hydrogen (secondary N) is 1. The number of aromatic amines is 1. The fourth-order valence-corrected chi connectivity index (χ4v) is 4.00. The van der Waals surface area contributed by atoms with Crippen LogP contribution in [0.15, 0.2) is 33.8 Å². The molecule has 1 aliphatic heterocycles. The van der Waals surface area contributed by atoms with Crippen LogP contribution in [-0.4, -0.2) is 39.9 Å². The second-order valence-corrected chi connectivity index (χ2v) is 8.73. The zero-order valence-corrected chi connectivity index (χ0v) is 15.3. The first kappa shape index (κ1) is 15.7. The minimum Gasteiger partial charge on any atom is -0.444 e. The third kappa shape index (κ3) is 3.43. The number of benzene rings is 1. The Balaban J connectivity index is 1.59. The molecule has 0 bridgehead atoms. The SMILES string of the molecule is CC(C)(C)OC(=O)N1CC(Sc2c[nH]c3cc(Br)ccc23)C1. The molecule has 3 rings (SSSR count). The molecule has 6 heteroatoms. The van der Waals surface area contributed by atoms with Crippen LogP contribution >= 0.6 is 27.7 Å². The third-order valence-electron chi connectivity index (χ3n) is 3.40. The number of likely N-dealkylation sites (tertiary alicyclic amines) is 1. The van der Waals surface area contributed by atoms with Crippen LogP contribution < -0.4 is 0 Å². The summed E-state index contributed by atoms with van der Waals surface area (Å²) in [7, 11) is 0. The number of thioether (sulfide) groups is 1. The number of ether oxygens (including phenoxy) is 1. The van der Waals surface area contributed by atoms with Crippen molar-refractivity contribution in [2.45, 2.75) is 36.5 Å². The Bertz CT molecular complexity index is 702. The van der Waals surface area contributed by atoms with Crippen LogP contribution in [0.25, 0.3) is 10.9 Å². The van der Waals surface area contributed by atoms with Gasteiger partial charge in [-0.2, -0.15) is 0 Å². The normalized spacial score (nSPS) is 15.9. The Kier molecular flexibility index (Phi) is 4.16. The van der Waals surface area contributed by atoms with E-state index in [-0.39, 0.29) is 6.09 Å². The van der Waals surface area contributed by atoms with Gasteiger partial charge in [0, 0.05) is 44.8 Å². The summed E-state index contributed by atoms with van der Waals surface area (Å²) < 4.78 is 6.44. The van der Waals surface area contributed by atoms with Crippen LogP contribution in [0.5, 0.6) is 0 Å². The molecule has 1 amide bonds. The van der Waals surface area contributed by atoms with Gasteiger partial charge in [0.2, 0.25) is 0 Å². The Morgan fingerprint density at radius 1 is 1.41 bits per heavy atom. The van der Waals surface area contributed by atoms with E-state index in [0.29, 0.717) is 5.25 Å². The van der Waals surface area contributed by atoms with E-state index in [9.17, 15) is 4.79 Å². The second kappa shape index (κ2) is 5.81. The number of amides is 1. The van der Waals surface area contributed by atoms with E-state index in [4.69, 9.17) is 4.74 Å². The van der Waals surface area contributed by atoms with Crippen LogP contribution in [0, 0.1) is 0 Å². The zero-order chi connectivity index (χ0) is 15.9. The van der Waals surface area contributed by atoms with Gasteiger partial charge in [-0.15, -0.1) is 11.8 Å². The van der Waals surface area contributed by atoms with Gasteiger partial charge in [-0.1, -0.05) is 22.0 Å². The highest BCUT2D eigenvalue weighted by atomic mass is 79.9. The number of hydrogen-bond donors (Lipinski definition) is 1. The Morgan fingerprint density at radius 3 is 2.82 bits per heavy atom. The molecule has 1 aromatic carbocycles. The minimum atomic E-state index is -0.431. The summed E-state index contributed by atoms with van der Waals surface area (Å²) in [5, 5.41) is 1.65. The average molecular weight is 383 g/mol. The summed E-state index contributed by atoms with van der Waals surface area (Å²) in [6.45, 7) is 7.15. The minimum absolute atomic E-state index is 0.216. The number of rotatable bonds is 2. The van der Waals surface area contributed by atoms with Crippen molar-refractivity contribution in [2.24, 2.45) is 0 Å². The Morgan fingerprint density at radius 2 is 2.14 bits per heavy atom. The lowest BCUT2D eigenvalue weighted by Gasteiger charge is -2.39. The number of hydrogen-bond acceptors (Lipinski definition) is 3. The van der Waals surface area contributed by atoms with Crippen molar-refractivity contribution in [1.29, 1.82) is 0 Å². The van der Waals surface area contributed by atoms with Gasteiger partial charge in [0.1, 0.15) is 5.60 Å². The topological polar surface area (TPSA) is 45.3 Å². The van der Waals surface area contributed by atoms with Gasteiger partial charge < -0.3 is 14.6 Å². The molecule has 0 radical (unpaired) electrons. The number of carbonyl (C=O) groups is 1. The molecule has 0 atom stereocenters.